The van der Waals surface area contributed by atoms with Gasteiger partial charge in [-0.05, 0) is 38.0 Å². The van der Waals surface area contributed by atoms with Crippen molar-refractivity contribution in [1.82, 2.24) is 14.8 Å². The van der Waals surface area contributed by atoms with Gasteiger partial charge in [0.2, 0.25) is 5.91 Å². The topological polar surface area (TPSA) is 69.0 Å². The van der Waals surface area contributed by atoms with Crippen LogP contribution in [0.25, 0.3) is 0 Å². The van der Waals surface area contributed by atoms with Crippen LogP contribution in [-0.2, 0) is 11.3 Å². The van der Waals surface area contributed by atoms with Crippen LogP contribution in [0.2, 0.25) is 0 Å². The summed E-state index contributed by atoms with van der Waals surface area (Å²) < 4.78 is 7.32. The standard InChI is InChI=1S/C18H26N4O2S/c1-5-6-7-10-22-12-19-21-18(22)25-14(3)17(23)20-15-11-13(2)8-9-16(15)24-4/h8-9,11-12,14H,5-7,10H2,1-4H3,(H,20,23)/t14-/m0/s1. The van der Waals surface area contributed by atoms with Crippen LogP contribution in [0.4, 0.5) is 5.69 Å². The van der Waals surface area contributed by atoms with Crippen LogP contribution in [0.15, 0.2) is 29.7 Å². The summed E-state index contributed by atoms with van der Waals surface area (Å²) in [5.74, 6) is 0.566. The van der Waals surface area contributed by atoms with Crippen molar-refractivity contribution < 1.29 is 9.53 Å². The number of carbonyl (C=O) groups is 1. The van der Waals surface area contributed by atoms with Crippen molar-refractivity contribution in [3.63, 3.8) is 0 Å². The fourth-order valence-corrected chi connectivity index (χ4v) is 3.24. The van der Waals surface area contributed by atoms with Gasteiger partial charge in [0, 0.05) is 6.54 Å². The number of anilines is 1. The van der Waals surface area contributed by atoms with Crippen molar-refractivity contribution in [2.75, 3.05) is 12.4 Å². The van der Waals surface area contributed by atoms with Gasteiger partial charge in [-0.15, -0.1) is 10.2 Å². The lowest BCUT2D eigenvalue weighted by molar-refractivity contribution is -0.115. The molecule has 0 radical (unpaired) electrons. The first-order valence-corrected chi connectivity index (χ1v) is 9.43. The molecule has 6 nitrogen and oxygen atoms in total. The van der Waals surface area contributed by atoms with Gasteiger partial charge in [0.25, 0.3) is 0 Å². The summed E-state index contributed by atoms with van der Waals surface area (Å²) in [7, 11) is 1.59. The number of aryl methyl sites for hydroxylation is 2. The van der Waals surface area contributed by atoms with Crippen molar-refractivity contribution in [2.45, 2.75) is 57.0 Å². The summed E-state index contributed by atoms with van der Waals surface area (Å²) in [4.78, 5) is 12.5. The van der Waals surface area contributed by atoms with Gasteiger partial charge in [-0.3, -0.25) is 4.79 Å². The van der Waals surface area contributed by atoms with Crippen LogP contribution < -0.4 is 10.1 Å². The molecule has 0 saturated carbocycles. The van der Waals surface area contributed by atoms with Crippen molar-refractivity contribution >= 4 is 23.4 Å². The molecule has 0 aliphatic rings. The quantitative estimate of drug-likeness (QED) is 0.541. The number of hydrogen-bond acceptors (Lipinski definition) is 5. The molecule has 1 atom stereocenters. The summed E-state index contributed by atoms with van der Waals surface area (Å²) in [6.07, 6.45) is 5.16. The van der Waals surface area contributed by atoms with Crippen LogP contribution in [0.5, 0.6) is 5.75 Å². The normalized spacial score (nSPS) is 12.0. The number of thioether (sulfide) groups is 1. The van der Waals surface area contributed by atoms with E-state index < -0.39 is 0 Å². The van der Waals surface area contributed by atoms with E-state index in [1.165, 1.54) is 24.6 Å². The van der Waals surface area contributed by atoms with E-state index in [0.717, 1.165) is 23.7 Å². The highest BCUT2D eigenvalue weighted by Crippen LogP contribution is 2.27. The third-order valence-electron chi connectivity index (χ3n) is 3.85. The molecule has 1 amide bonds. The van der Waals surface area contributed by atoms with E-state index in [1.807, 2.05) is 36.6 Å². The molecule has 1 aromatic carbocycles. The maximum absolute atomic E-state index is 12.5. The minimum atomic E-state index is -0.292. The van der Waals surface area contributed by atoms with Crippen LogP contribution in [0, 0.1) is 6.92 Å². The zero-order valence-corrected chi connectivity index (χ0v) is 16.1. The molecule has 0 bridgehead atoms. The Balaban J connectivity index is 1.99. The summed E-state index contributed by atoms with van der Waals surface area (Å²) in [6.45, 7) is 6.90. The highest BCUT2D eigenvalue weighted by molar-refractivity contribution is 8.00. The molecule has 2 rings (SSSR count). The maximum atomic E-state index is 12.5. The smallest absolute Gasteiger partial charge is 0.237 e. The number of methoxy groups -OCH3 is 1. The number of unbranched alkanes of at least 4 members (excludes halogenated alkanes) is 2. The molecule has 25 heavy (non-hydrogen) atoms. The second kappa shape index (κ2) is 9.46. The molecule has 0 aliphatic carbocycles. The Morgan fingerprint density at radius 1 is 1.40 bits per heavy atom. The van der Waals surface area contributed by atoms with E-state index in [9.17, 15) is 4.79 Å². The van der Waals surface area contributed by atoms with Crippen molar-refractivity contribution in [3.05, 3.63) is 30.1 Å². The molecular formula is C18H26N4O2S. The van der Waals surface area contributed by atoms with Crippen molar-refractivity contribution in [2.24, 2.45) is 0 Å². The van der Waals surface area contributed by atoms with E-state index >= 15 is 0 Å². The predicted octanol–water partition coefficient (Wildman–Crippen LogP) is 3.90. The van der Waals surface area contributed by atoms with Crippen LogP contribution in [0.1, 0.15) is 38.7 Å². The molecule has 136 valence electrons. The van der Waals surface area contributed by atoms with Gasteiger partial charge in [0.1, 0.15) is 12.1 Å². The number of hydrogen-bond donors (Lipinski definition) is 1. The number of amides is 1. The van der Waals surface area contributed by atoms with E-state index in [2.05, 4.69) is 22.4 Å². The lowest BCUT2D eigenvalue weighted by Gasteiger charge is -2.15. The second-order valence-corrected chi connectivity index (χ2v) is 7.28. The third kappa shape index (κ3) is 5.49. The number of rotatable bonds is 9. The molecule has 1 N–H and O–H groups in total. The van der Waals surface area contributed by atoms with Gasteiger partial charge >= 0.3 is 0 Å². The molecule has 1 heterocycles. The lowest BCUT2D eigenvalue weighted by Crippen LogP contribution is -2.23. The average molecular weight is 362 g/mol. The number of aromatic nitrogens is 3. The first-order chi connectivity index (χ1) is 12.0. The van der Waals surface area contributed by atoms with Crippen molar-refractivity contribution in [3.8, 4) is 5.75 Å². The average Bonchev–Trinajstić information content (AvgIpc) is 3.02. The first kappa shape index (κ1) is 19.3. The van der Waals surface area contributed by atoms with Gasteiger partial charge in [0.15, 0.2) is 5.16 Å². The zero-order valence-electron chi connectivity index (χ0n) is 15.3. The Kier molecular flexibility index (Phi) is 7.31. The number of ether oxygens (including phenoxy) is 1. The molecular weight excluding hydrogens is 336 g/mol. The number of nitrogens with zero attached hydrogens (tertiary/aromatic N) is 3. The minimum Gasteiger partial charge on any atom is -0.495 e. The monoisotopic (exact) mass is 362 g/mol. The van der Waals surface area contributed by atoms with Crippen LogP contribution >= 0.6 is 11.8 Å². The third-order valence-corrected chi connectivity index (χ3v) is 4.94. The SMILES string of the molecule is CCCCCn1cnnc1S[C@@H](C)C(=O)Nc1cc(C)ccc1OC. The van der Waals surface area contributed by atoms with Crippen molar-refractivity contribution in [1.29, 1.82) is 0 Å². The second-order valence-electron chi connectivity index (χ2n) is 5.97. The fraction of sp³-hybridized carbons (Fsp3) is 0.500. The molecule has 0 saturated heterocycles. The van der Waals surface area contributed by atoms with E-state index in [-0.39, 0.29) is 11.2 Å². The van der Waals surface area contributed by atoms with Crippen LogP contribution in [0.3, 0.4) is 0 Å². The number of carbonyl (C=O) groups excluding carboxylic acids is 1. The van der Waals surface area contributed by atoms with Gasteiger partial charge in [-0.1, -0.05) is 37.6 Å². The maximum Gasteiger partial charge on any atom is 0.237 e. The summed E-state index contributed by atoms with van der Waals surface area (Å²) in [5, 5.41) is 11.5. The first-order valence-electron chi connectivity index (χ1n) is 8.55. The van der Waals surface area contributed by atoms with E-state index in [0.29, 0.717) is 11.4 Å². The number of nitrogens with one attached hydrogen (secondary N) is 1. The highest BCUT2D eigenvalue weighted by atomic mass is 32.2. The van der Waals surface area contributed by atoms with Gasteiger partial charge in [-0.25, -0.2) is 0 Å². The molecule has 0 aliphatic heterocycles. The molecule has 0 spiro atoms. The Hall–Kier alpha value is -2.02. The predicted molar refractivity (Wildman–Crippen MR) is 101 cm³/mol. The molecule has 0 fully saturated rings. The molecule has 0 unspecified atom stereocenters. The fourth-order valence-electron chi connectivity index (χ4n) is 2.39. The Labute approximate surface area is 153 Å². The van der Waals surface area contributed by atoms with Crippen LogP contribution in [-0.4, -0.2) is 33.0 Å². The number of benzene rings is 1. The highest BCUT2D eigenvalue weighted by Gasteiger charge is 2.19. The molecule has 2 aromatic rings. The summed E-state index contributed by atoms with van der Waals surface area (Å²) in [6, 6.07) is 5.71. The zero-order chi connectivity index (χ0) is 18.2. The lowest BCUT2D eigenvalue weighted by atomic mass is 10.2. The Bertz CT molecular complexity index is 702. The largest absolute Gasteiger partial charge is 0.495 e. The Morgan fingerprint density at radius 3 is 2.92 bits per heavy atom. The summed E-state index contributed by atoms with van der Waals surface area (Å²) >= 11 is 1.42. The van der Waals surface area contributed by atoms with E-state index in [4.69, 9.17) is 4.74 Å². The summed E-state index contributed by atoms with van der Waals surface area (Å²) in [5.41, 5.74) is 1.75. The molecule has 1 aromatic heterocycles. The van der Waals surface area contributed by atoms with Gasteiger partial charge in [0.05, 0.1) is 18.0 Å². The molecule has 7 heteroatoms. The van der Waals surface area contributed by atoms with Gasteiger partial charge in [-0.2, -0.15) is 0 Å². The Morgan fingerprint density at radius 2 is 2.20 bits per heavy atom. The minimum absolute atomic E-state index is 0.0861. The van der Waals surface area contributed by atoms with Gasteiger partial charge < -0.3 is 14.6 Å². The van der Waals surface area contributed by atoms with E-state index in [1.54, 1.807) is 13.4 Å².